The van der Waals surface area contributed by atoms with Crippen LogP contribution in [0.25, 0.3) is 0 Å². The van der Waals surface area contributed by atoms with Gasteiger partial charge in [-0.3, -0.25) is 4.79 Å². The van der Waals surface area contributed by atoms with Gasteiger partial charge in [0.25, 0.3) is 5.91 Å². The van der Waals surface area contributed by atoms with E-state index >= 15 is 0 Å². The molecule has 0 bridgehead atoms. The first-order valence-corrected chi connectivity index (χ1v) is 7.89. The van der Waals surface area contributed by atoms with E-state index in [4.69, 9.17) is 4.84 Å². The molecule has 22 heavy (non-hydrogen) atoms. The lowest BCUT2D eigenvalue weighted by atomic mass is 9.94. The number of benzene rings is 1. The number of hydrogen-bond donors (Lipinski definition) is 0. The molecule has 5 heteroatoms. The minimum Gasteiger partial charge on any atom is -0.379 e. The zero-order valence-corrected chi connectivity index (χ0v) is 12.8. The molecule has 1 amide bonds. The van der Waals surface area contributed by atoms with Crippen LogP contribution in [0.2, 0.25) is 0 Å². The van der Waals surface area contributed by atoms with Gasteiger partial charge in [-0.25, -0.2) is 4.39 Å². The fourth-order valence-electron chi connectivity index (χ4n) is 3.09. The lowest BCUT2D eigenvalue weighted by Gasteiger charge is -2.29. The molecule has 4 nitrogen and oxygen atoms in total. The van der Waals surface area contributed by atoms with E-state index in [9.17, 15) is 9.18 Å². The zero-order chi connectivity index (χ0) is 15.6. The number of amides is 1. The summed E-state index contributed by atoms with van der Waals surface area (Å²) in [7, 11) is 0. The van der Waals surface area contributed by atoms with Crippen molar-refractivity contribution in [2.24, 2.45) is 5.16 Å². The first kappa shape index (κ1) is 15.0. The Bertz CT molecular complexity index is 594. The summed E-state index contributed by atoms with van der Waals surface area (Å²) in [6, 6.07) is 6.23. The molecule has 3 rings (SSSR count). The van der Waals surface area contributed by atoms with Crippen molar-refractivity contribution >= 4 is 11.6 Å². The molecule has 2 aliphatic rings. The summed E-state index contributed by atoms with van der Waals surface area (Å²) in [5, 5.41) is 4.04. The van der Waals surface area contributed by atoms with Crippen LogP contribution in [0.3, 0.4) is 0 Å². The van der Waals surface area contributed by atoms with Crippen molar-refractivity contribution < 1.29 is 14.0 Å². The van der Waals surface area contributed by atoms with Crippen molar-refractivity contribution in [1.29, 1.82) is 0 Å². The van der Waals surface area contributed by atoms with Gasteiger partial charge in [0.05, 0.1) is 5.71 Å². The van der Waals surface area contributed by atoms with Gasteiger partial charge in [-0.1, -0.05) is 30.1 Å². The molecule has 0 radical (unpaired) electrons. The number of halogens is 1. The zero-order valence-electron chi connectivity index (χ0n) is 12.8. The quantitative estimate of drug-likeness (QED) is 0.842. The lowest BCUT2D eigenvalue weighted by Crippen LogP contribution is -2.47. The van der Waals surface area contributed by atoms with Crippen molar-refractivity contribution in [1.82, 2.24) is 4.90 Å². The number of carbonyl (C=O) groups excluding carboxylic acids is 1. The molecule has 0 N–H and O–H groups in total. The highest BCUT2D eigenvalue weighted by molar-refractivity contribution is 6.05. The molecule has 0 saturated carbocycles. The third-order valence-electron chi connectivity index (χ3n) is 4.37. The highest BCUT2D eigenvalue weighted by Crippen LogP contribution is 2.29. The molecular weight excluding hydrogens is 283 g/mol. The van der Waals surface area contributed by atoms with Crippen LogP contribution in [0.4, 0.5) is 4.39 Å². The highest BCUT2D eigenvalue weighted by atomic mass is 19.1. The summed E-state index contributed by atoms with van der Waals surface area (Å²) in [6.45, 7) is 3.34. The molecule has 118 valence electrons. The molecule has 1 saturated heterocycles. The molecule has 2 aliphatic heterocycles. The molecule has 1 fully saturated rings. The summed E-state index contributed by atoms with van der Waals surface area (Å²) in [5.74, 6) is -0.322. The predicted molar refractivity (Wildman–Crippen MR) is 82.1 cm³/mol. The summed E-state index contributed by atoms with van der Waals surface area (Å²) in [5.41, 5.74) is 0.337. The summed E-state index contributed by atoms with van der Waals surface area (Å²) in [4.78, 5) is 20.1. The third kappa shape index (κ3) is 2.98. The molecule has 0 spiro atoms. The maximum Gasteiger partial charge on any atom is 0.269 e. The molecule has 0 aliphatic carbocycles. The molecule has 0 aromatic heterocycles. The minimum absolute atomic E-state index is 0.00967. The van der Waals surface area contributed by atoms with Gasteiger partial charge in [0.15, 0.2) is 0 Å². The summed E-state index contributed by atoms with van der Waals surface area (Å²) < 4.78 is 13.3. The second kappa shape index (κ2) is 6.07. The first-order valence-electron chi connectivity index (χ1n) is 7.89. The second-order valence-electron chi connectivity index (χ2n) is 6.25. The van der Waals surface area contributed by atoms with Crippen LogP contribution in [0, 0.1) is 5.82 Å². The van der Waals surface area contributed by atoms with Crippen LogP contribution in [0.15, 0.2) is 29.4 Å². The Hall–Kier alpha value is -1.91. The van der Waals surface area contributed by atoms with Gasteiger partial charge in [-0.05, 0) is 31.9 Å². The number of rotatable bonds is 2. The predicted octanol–water partition coefficient (Wildman–Crippen LogP) is 3.11. The van der Waals surface area contributed by atoms with E-state index < -0.39 is 5.60 Å². The third-order valence-corrected chi connectivity index (χ3v) is 4.37. The van der Waals surface area contributed by atoms with Crippen LogP contribution in [0.1, 0.15) is 44.6 Å². The Morgan fingerprint density at radius 3 is 2.68 bits per heavy atom. The van der Waals surface area contributed by atoms with Crippen LogP contribution >= 0.6 is 0 Å². The monoisotopic (exact) mass is 304 g/mol. The summed E-state index contributed by atoms with van der Waals surface area (Å²) >= 11 is 0. The Kier molecular flexibility index (Phi) is 4.14. The molecule has 1 aromatic carbocycles. The second-order valence-corrected chi connectivity index (χ2v) is 6.25. The fourth-order valence-corrected chi connectivity index (χ4v) is 3.09. The average Bonchev–Trinajstić information content (AvgIpc) is 2.74. The molecule has 2 heterocycles. The highest BCUT2D eigenvalue weighted by Gasteiger charge is 2.44. The van der Waals surface area contributed by atoms with Crippen molar-refractivity contribution in [3.8, 4) is 0 Å². The van der Waals surface area contributed by atoms with Gasteiger partial charge in [0.1, 0.15) is 5.82 Å². The van der Waals surface area contributed by atoms with Gasteiger partial charge in [0.2, 0.25) is 5.60 Å². The van der Waals surface area contributed by atoms with E-state index in [1.807, 2.05) is 4.90 Å². The van der Waals surface area contributed by atoms with E-state index in [2.05, 4.69) is 5.16 Å². The number of hydrogen-bond acceptors (Lipinski definition) is 3. The van der Waals surface area contributed by atoms with E-state index in [1.165, 1.54) is 25.0 Å². The fraction of sp³-hybridized carbons (Fsp3) is 0.529. The normalized spacial score (nSPS) is 25.4. The summed E-state index contributed by atoms with van der Waals surface area (Å²) in [6.07, 6.45) is 4.81. The largest absolute Gasteiger partial charge is 0.379 e. The Morgan fingerprint density at radius 2 is 2.00 bits per heavy atom. The van der Waals surface area contributed by atoms with Gasteiger partial charge in [0, 0.05) is 25.1 Å². The maximum absolute atomic E-state index is 13.3. The number of likely N-dealkylation sites (tertiary alicyclic amines) is 1. The Morgan fingerprint density at radius 1 is 1.27 bits per heavy atom. The SMILES string of the molecule is CC1(C(=O)N2CCCCCC2)CC(c2cccc(F)c2)=NO1. The van der Waals surface area contributed by atoms with Gasteiger partial charge >= 0.3 is 0 Å². The van der Waals surface area contributed by atoms with Crippen LogP contribution in [-0.2, 0) is 9.63 Å². The van der Waals surface area contributed by atoms with Gasteiger partial charge in [-0.15, -0.1) is 0 Å². The van der Waals surface area contributed by atoms with E-state index in [0.29, 0.717) is 17.7 Å². The average molecular weight is 304 g/mol. The lowest BCUT2D eigenvalue weighted by molar-refractivity contribution is -0.153. The molecule has 1 unspecified atom stereocenters. The maximum atomic E-state index is 13.3. The van der Waals surface area contributed by atoms with Crippen molar-refractivity contribution in [3.05, 3.63) is 35.6 Å². The molecule has 1 atom stereocenters. The Balaban J connectivity index is 1.72. The van der Waals surface area contributed by atoms with Crippen LogP contribution in [0.5, 0.6) is 0 Å². The minimum atomic E-state index is -0.966. The van der Waals surface area contributed by atoms with E-state index in [-0.39, 0.29) is 11.7 Å². The number of carbonyl (C=O) groups is 1. The molecular formula is C17H21FN2O2. The van der Waals surface area contributed by atoms with Crippen molar-refractivity contribution in [2.45, 2.75) is 44.6 Å². The standard InChI is InChI=1S/C17H21FN2O2/c1-17(16(21)20-9-4-2-3-5-10-20)12-15(19-22-17)13-7-6-8-14(18)11-13/h6-8,11H,2-5,9-10,12H2,1H3. The number of oxime groups is 1. The van der Waals surface area contributed by atoms with Crippen molar-refractivity contribution in [2.75, 3.05) is 13.1 Å². The van der Waals surface area contributed by atoms with Crippen LogP contribution < -0.4 is 0 Å². The van der Waals surface area contributed by atoms with Gasteiger partial charge < -0.3 is 9.74 Å². The van der Waals surface area contributed by atoms with E-state index in [0.717, 1.165) is 25.9 Å². The molecule has 1 aromatic rings. The topological polar surface area (TPSA) is 41.9 Å². The first-order chi connectivity index (χ1) is 10.6. The van der Waals surface area contributed by atoms with Gasteiger partial charge in [-0.2, -0.15) is 0 Å². The van der Waals surface area contributed by atoms with Crippen molar-refractivity contribution in [3.63, 3.8) is 0 Å². The number of nitrogens with zero attached hydrogens (tertiary/aromatic N) is 2. The Labute approximate surface area is 129 Å². The van der Waals surface area contributed by atoms with E-state index in [1.54, 1.807) is 19.1 Å². The van der Waals surface area contributed by atoms with Crippen LogP contribution in [-0.4, -0.2) is 35.2 Å². The smallest absolute Gasteiger partial charge is 0.269 e.